The Bertz CT molecular complexity index is 324. The number of thiophene rings is 1. The zero-order valence-corrected chi connectivity index (χ0v) is 10.3. The SMILES string of the molecule is COc1csc(C(NN)C2CCCOC2)c1. The van der Waals surface area contributed by atoms with Crippen LogP contribution in [-0.4, -0.2) is 20.3 Å². The molecule has 2 atom stereocenters. The second kappa shape index (κ2) is 5.63. The summed E-state index contributed by atoms with van der Waals surface area (Å²) in [6, 6.07) is 2.22. The van der Waals surface area contributed by atoms with Crippen molar-refractivity contribution in [2.24, 2.45) is 11.8 Å². The maximum atomic E-state index is 5.65. The fourth-order valence-corrected chi connectivity index (χ4v) is 3.09. The molecule has 2 unspecified atom stereocenters. The van der Waals surface area contributed by atoms with Crippen LogP contribution in [0.2, 0.25) is 0 Å². The van der Waals surface area contributed by atoms with Gasteiger partial charge in [0, 0.05) is 22.8 Å². The van der Waals surface area contributed by atoms with E-state index in [1.165, 1.54) is 4.88 Å². The lowest BCUT2D eigenvalue weighted by atomic mass is 9.93. The normalized spacial score (nSPS) is 23.0. The number of hydrogen-bond donors (Lipinski definition) is 2. The minimum absolute atomic E-state index is 0.175. The van der Waals surface area contributed by atoms with E-state index in [0.717, 1.165) is 31.8 Å². The van der Waals surface area contributed by atoms with Gasteiger partial charge in [-0.1, -0.05) is 0 Å². The first-order valence-electron chi connectivity index (χ1n) is 5.51. The Labute approximate surface area is 99.7 Å². The smallest absolute Gasteiger partial charge is 0.129 e. The molecule has 0 aliphatic carbocycles. The highest BCUT2D eigenvalue weighted by atomic mass is 32.1. The predicted molar refractivity (Wildman–Crippen MR) is 64.5 cm³/mol. The van der Waals surface area contributed by atoms with E-state index in [0.29, 0.717) is 5.92 Å². The van der Waals surface area contributed by atoms with E-state index >= 15 is 0 Å². The molecule has 0 bridgehead atoms. The largest absolute Gasteiger partial charge is 0.496 e. The zero-order valence-electron chi connectivity index (χ0n) is 9.44. The fraction of sp³-hybridized carbons (Fsp3) is 0.636. The lowest BCUT2D eigenvalue weighted by Crippen LogP contribution is -2.36. The molecule has 0 spiro atoms. The second-order valence-corrected chi connectivity index (χ2v) is 4.95. The van der Waals surface area contributed by atoms with Crippen molar-refractivity contribution >= 4 is 11.3 Å². The van der Waals surface area contributed by atoms with Crippen molar-refractivity contribution in [3.8, 4) is 5.75 Å². The van der Waals surface area contributed by atoms with E-state index in [4.69, 9.17) is 15.3 Å². The third kappa shape index (κ3) is 2.55. The van der Waals surface area contributed by atoms with Gasteiger partial charge in [-0.05, 0) is 18.9 Å². The summed E-state index contributed by atoms with van der Waals surface area (Å²) in [6.45, 7) is 1.66. The molecule has 1 aliphatic rings. The maximum Gasteiger partial charge on any atom is 0.129 e. The van der Waals surface area contributed by atoms with Gasteiger partial charge in [-0.3, -0.25) is 11.3 Å². The van der Waals surface area contributed by atoms with E-state index in [1.807, 2.05) is 11.4 Å². The van der Waals surface area contributed by atoms with Crippen LogP contribution in [-0.2, 0) is 4.74 Å². The minimum atomic E-state index is 0.175. The molecular weight excluding hydrogens is 224 g/mol. The number of rotatable bonds is 4. The maximum absolute atomic E-state index is 5.65. The fourth-order valence-electron chi connectivity index (χ4n) is 2.08. The Hall–Kier alpha value is -0.620. The molecule has 1 saturated heterocycles. The minimum Gasteiger partial charge on any atom is -0.496 e. The molecule has 16 heavy (non-hydrogen) atoms. The molecule has 1 aromatic rings. The molecule has 2 rings (SSSR count). The first-order chi connectivity index (χ1) is 7.85. The van der Waals surface area contributed by atoms with Gasteiger partial charge in [0.25, 0.3) is 0 Å². The summed E-state index contributed by atoms with van der Waals surface area (Å²) in [5.74, 6) is 7.01. The van der Waals surface area contributed by atoms with E-state index in [9.17, 15) is 0 Å². The highest BCUT2D eigenvalue weighted by molar-refractivity contribution is 7.10. The Morgan fingerprint density at radius 3 is 3.12 bits per heavy atom. The topological polar surface area (TPSA) is 56.5 Å². The van der Waals surface area contributed by atoms with E-state index in [-0.39, 0.29) is 6.04 Å². The first-order valence-corrected chi connectivity index (χ1v) is 6.39. The summed E-state index contributed by atoms with van der Waals surface area (Å²) in [6.07, 6.45) is 2.28. The van der Waals surface area contributed by atoms with Crippen LogP contribution in [0.1, 0.15) is 23.8 Å². The van der Waals surface area contributed by atoms with Crippen LogP contribution in [0.5, 0.6) is 5.75 Å². The Morgan fingerprint density at radius 1 is 1.69 bits per heavy atom. The van der Waals surface area contributed by atoms with Gasteiger partial charge >= 0.3 is 0 Å². The van der Waals surface area contributed by atoms with Gasteiger partial charge < -0.3 is 9.47 Å². The molecule has 0 radical (unpaired) electrons. The summed E-state index contributed by atoms with van der Waals surface area (Å²) >= 11 is 1.68. The summed E-state index contributed by atoms with van der Waals surface area (Å²) in [5, 5.41) is 2.00. The number of hydrogen-bond acceptors (Lipinski definition) is 5. The quantitative estimate of drug-likeness (QED) is 0.623. The van der Waals surface area contributed by atoms with Gasteiger partial charge in [-0.2, -0.15) is 0 Å². The average molecular weight is 242 g/mol. The number of nitrogens with two attached hydrogens (primary N) is 1. The third-order valence-corrected chi connectivity index (χ3v) is 3.98. The van der Waals surface area contributed by atoms with Crippen molar-refractivity contribution in [1.29, 1.82) is 0 Å². The molecule has 1 fully saturated rings. The van der Waals surface area contributed by atoms with Crippen LogP contribution in [0.25, 0.3) is 0 Å². The standard InChI is InChI=1S/C11H18N2O2S/c1-14-9-5-10(16-7-9)11(13-12)8-3-2-4-15-6-8/h5,7-8,11,13H,2-4,6,12H2,1H3. The number of nitrogens with one attached hydrogen (secondary N) is 1. The monoisotopic (exact) mass is 242 g/mol. The third-order valence-electron chi connectivity index (χ3n) is 2.98. The summed E-state index contributed by atoms with van der Waals surface area (Å²) in [4.78, 5) is 1.22. The molecule has 1 aliphatic heterocycles. The first kappa shape index (κ1) is 11.9. The molecule has 3 N–H and O–H groups in total. The molecule has 90 valence electrons. The Kier molecular flexibility index (Phi) is 4.17. The number of hydrazine groups is 1. The van der Waals surface area contributed by atoms with E-state index in [2.05, 4.69) is 5.43 Å². The van der Waals surface area contributed by atoms with Crippen LogP contribution < -0.4 is 16.0 Å². The number of methoxy groups -OCH3 is 1. The molecule has 1 aromatic heterocycles. The van der Waals surface area contributed by atoms with Crippen LogP contribution >= 0.6 is 11.3 Å². The van der Waals surface area contributed by atoms with E-state index < -0.39 is 0 Å². The average Bonchev–Trinajstić information content (AvgIpc) is 2.80. The Balaban J connectivity index is 2.08. The van der Waals surface area contributed by atoms with Crippen molar-refractivity contribution in [2.75, 3.05) is 20.3 Å². The predicted octanol–water partition coefficient (Wildman–Crippen LogP) is 1.69. The Morgan fingerprint density at radius 2 is 2.56 bits per heavy atom. The van der Waals surface area contributed by atoms with Crippen molar-refractivity contribution in [3.05, 3.63) is 16.3 Å². The van der Waals surface area contributed by atoms with Crippen LogP contribution in [0, 0.1) is 5.92 Å². The van der Waals surface area contributed by atoms with Gasteiger partial charge in [0.15, 0.2) is 0 Å². The van der Waals surface area contributed by atoms with Crippen LogP contribution in [0.4, 0.5) is 0 Å². The van der Waals surface area contributed by atoms with Crippen LogP contribution in [0.15, 0.2) is 11.4 Å². The molecule has 0 amide bonds. The molecule has 0 saturated carbocycles. The summed E-state index contributed by atoms with van der Waals surface area (Å²) < 4.78 is 10.7. The highest BCUT2D eigenvalue weighted by Gasteiger charge is 2.26. The van der Waals surface area contributed by atoms with Gasteiger partial charge in [0.1, 0.15) is 5.75 Å². The molecule has 4 nitrogen and oxygen atoms in total. The van der Waals surface area contributed by atoms with Gasteiger partial charge in [-0.25, -0.2) is 0 Å². The van der Waals surface area contributed by atoms with Crippen molar-refractivity contribution < 1.29 is 9.47 Å². The zero-order chi connectivity index (χ0) is 11.4. The van der Waals surface area contributed by atoms with E-state index in [1.54, 1.807) is 18.4 Å². The molecule has 2 heterocycles. The van der Waals surface area contributed by atoms with Crippen molar-refractivity contribution in [3.63, 3.8) is 0 Å². The van der Waals surface area contributed by atoms with Crippen molar-refractivity contribution in [2.45, 2.75) is 18.9 Å². The van der Waals surface area contributed by atoms with Crippen molar-refractivity contribution in [1.82, 2.24) is 5.43 Å². The highest BCUT2D eigenvalue weighted by Crippen LogP contribution is 2.34. The molecule has 0 aromatic carbocycles. The molecule has 5 heteroatoms. The lowest BCUT2D eigenvalue weighted by molar-refractivity contribution is 0.0395. The molecular formula is C11H18N2O2S. The summed E-state index contributed by atoms with van der Waals surface area (Å²) in [5.41, 5.74) is 2.90. The number of ether oxygens (including phenoxy) is 2. The summed E-state index contributed by atoms with van der Waals surface area (Å²) in [7, 11) is 1.68. The second-order valence-electron chi connectivity index (χ2n) is 4.01. The van der Waals surface area contributed by atoms with Gasteiger partial charge in [0.05, 0.1) is 19.8 Å². The van der Waals surface area contributed by atoms with Crippen LogP contribution in [0.3, 0.4) is 0 Å². The van der Waals surface area contributed by atoms with Gasteiger partial charge in [0.2, 0.25) is 0 Å². The van der Waals surface area contributed by atoms with Gasteiger partial charge in [-0.15, -0.1) is 11.3 Å². The lowest BCUT2D eigenvalue weighted by Gasteiger charge is -2.28.